The van der Waals surface area contributed by atoms with Gasteiger partial charge in [-0.05, 0) is 24.3 Å². The number of nitrogens with zero attached hydrogens (tertiary/aromatic N) is 1. The van der Waals surface area contributed by atoms with Gasteiger partial charge in [0.15, 0.2) is 6.23 Å². The fourth-order valence-electron chi connectivity index (χ4n) is 2.98. The fourth-order valence-corrected chi connectivity index (χ4v) is 2.98. The molecule has 2 aromatic carbocycles. The highest BCUT2D eigenvalue weighted by Gasteiger charge is 2.37. The van der Waals surface area contributed by atoms with Gasteiger partial charge in [0, 0.05) is 11.3 Å². The molecule has 0 radical (unpaired) electrons. The number of imidazole rings is 1. The molecule has 7 nitrogen and oxygen atoms in total. The van der Waals surface area contributed by atoms with Gasteiger partial charge in [-0.3, -0.25) is 0 Å². The molecular formula is C18H19N3O4. The number of rotatable bonds is 3. The number of aromatic nitrogens is 2. The van der Waals surface area contributed by atoms with Crippen molar-refractivity contribution >= 4 is 16.7 Å². The summed E-state index contributed by atoms with van der Waals surface area (Å²) in [5.41, 5.74) is 3.31. The van der Waals surface area contributed by atoms with Crippen LogP contribution in [0, 0.1) is 0 Å². The standard InChI is InChI=1S/C18H19N3O4/c22-14-9-25-18(16(24)15(14)23)21-11-6-2-1-5-10(11)17-19-12-7-3-4-8-13(12)20-17/h1-8,14-16,18,21-24H,9H2,(H,19,20)/t14-,15-,16+,18?/m1/s1. The van der Waals surface area contributed by atoms with E-state index in [-0.39, 0.29) is 6.61 Å². The summed E-state index contributed by atoms with van der Waals surface area (Å²) in [4.78, 5) is 7.87. The number of nitrogens with one attached hydrogen (secondary N) is 2. The minimum Gasteiger partial charge on any atom is -0.388 e. The van der Waals surface area contributed by atoms with Gasteiger partial charge in [-0.2, -0.15) is 0 Å². The summed E-state index contributed by atoms with van der Waals surface area (Å²) < 4.78 is 5.42. The highest BCUT2D eigenvalue weighted by Crippen LogP contribution is 2.29. The molecule has 2 heterocycles. The monoisotopic (exact) mass is 341 g/mol. The molecule has 5 N–H and O–H groups in total. The van der Waals surface area contributed by atoms with Crippen molar-refractivity contribution in [1.29, 1.82) is 0 Å². The largest absolute Gasteiger partial charge is 0.388 e. The van der Waals surface area contributed by atoms with Crippen molar-refractivity contribution in [3.63, 3.8) is 0 Å². The molecule has 130 valence electrons. The lowest BCUT2D eigenvalue weighted by atomic mass is 10.0. The third-order valence-corrected chi connectivity index (χ3v) is 4.37. The molecule has 0 spiro atoms. The molecule has 1 saturated heterocycles. The second kappa shape index (κ2) is 6.45. The molecule has 0 saturated carbocycles. The Bertz CT molecular complexity index is 848. The SMILES string of the molecule is O[C@@H]1[C@H](O)COC(Nc2ccccc2-c2nc3ccccc3[nH]2)[C@H]1O. The summed E-state index contributed by atoms with van der Waals surface area (Å²) in [6.07, 6.45) is -4.43. The van der Waals surface area contributed by atoms with Gasteiger partial charge >= 0.3 is 0 Å². The van der Waals surface area contributed by atoms with Crippen LogP contribution in [0.1, 0.15) is 0 Å². The topological polar surface area (TPSA) is 111 Å². The summed E-state index contributed by atoms with van der Waals surface area (Å²) in [6, 6.07) is 15.2. The molecule has 1 fully saturated rings. The van der Waals surface area contributed by atoms with Gasteiger partial charge in [0.05, 0.1) is 17.6 Å². The van der Waals surface area contributed by atoms with E-state index in [1.54, 1.807) is 0 Å². The van der Waals surface area contributed by atoms with E-state index < -0.39 is 24.5 Å². The smallest absolute Gasteiger partial charge is 0.156 e. The maximum Gasteiger partial charge on any atom is 0.156 e. The summed E-state index contributed by atoms with van der Waals surface area (Å²) in [6.45, 7) is -0.0529. The van der Waals surface area contributed by atoms with Gasteiger partial charge in [0.1, 0.15) is 24.1 Å². The predicted octanol–water partition coefficient (Wildman–Crippen LogP) is 1.08. The summed E-state index contributed by atoms with van der Waals surface area (Å²) >= 11 is 0. The van der Waals surface area contributed by atoms with E-state index in [1.807, 2.05) is 48.5 Å². The van der Waals surface area contributed by atoms with Crippen LogP contribution in [-0.2, 0) is 4.74 Å². The Balaban J connectivity index is 1.65. The van der Waals surface area contributed by atoms with Gasteiger partial charge in [-0.25, -0.2) is 4.98 Å². The maximum atomic E-state index is 10.1. The minimum atomic E-state index is -1.26. The molecule has 0 bridgehead atoms. The van der Waals surface area contributed by atoms with Crippen molar-refractivity contribution in [2.24, 2.45) is 0 Å². The third kappa shape index (κ3) is 2.98. The highest BCUT2D eigenvalue weighted by molar-refractivity contribution is 5.83. The summed E-state index contributed by atoms with van der Waals surface area (Å²) in [5.74, 6) is 0.690. The Morgan fingerprint density at radius 3 is 2.60 bits per heavy atom. The molecule has 0 aliphatic carbocycles. The van der Waals surface area contributed by atoms with E-state index in [9.17, 15) is 15.3 Å². The minimum absolute atomic E-state index is 0.0529. The van der Waals surface area contributed by atoms with Crippen molar-refractivity contribution in [2.75, 3.05) is 11.9 Å². The zero-order valence-electron chi connectivity index (χ0n) is 13.3. The molecule has 1 unspecified atom stereocenters. The van der Waals surface area contributed by atoms with Gasteiger partial charge in [-0.1, -0.05) is 24.3 Å². The number of anilines is 1. The van der Waals surface area contributed by atoms with Crippen LogP contribution in [0.25, 0.3) is 22.4 Å². The van der Waals surface area contributed by atoms with Crippen LogP contribution in [0.3, 0.4) is 0 Å². The average Bonchev–Trinajstić information content (AvgIpc) is 3.06. The number of hydrogen-bond donors (Lipinski definition) is 5. The third-order valence-electron chi connectivity index (χ3n) is 4.37. The Morgan fingerprint density at radius 2 is 1.76 bits per heavy atom. The lowest BCUT2D eigenvalue weighted by molar-refractivity contribution is -0.178. The van der Waals surface area contributed by atoms with E-state index in [4.69, 9.17) is 4.74 Å². The number of ether oxygens (including phenoxy) is 1. The number of aromatic amines is 1. The fraction of sp³-hybridized carbons (Fsp3) is 0.278. The van der Waals surface area contributed by atoms with Crippen LogP contribution >= 0.6 is 0 Å². The summed E-state index contributed by atoms with van der Waals surface area (Å²) in [5, 5.41) is 32.6. The molecular weight excluding hydrogens is 322 g/mol. The number of H-pyrrole nitrogens is 1. The lowest BCUT2D eigenvalue weighted by Crippen LogP contribution is -2.55. The number of hydrogen-bond acceptors (Lipinski definition) is 6. The van der Waals surface area contributed by atoms with E-state index in [0.29, 0.717) is 11.5 Å². The Morgan fingerprint density at radius 1 is 1.00 bits per heavy atom. The zero-order valence-corrected chi connectivity index (χ0v) is 13.3. The van der Waals surface area contributed by atoms with Gasteiger partial charge in [-0.15, -0.1) is 0 Å². The zero-order chi connectivity index (χ0) is 17.4. The first-order valence-electron chi connectivity index (χ1n) is 8.10. The van der Waals surface area contributed by atoms with E-state index in [1.165, 1.54) is 0 Å². The van der Waals surface area contributed by atoms with E-state index in [0.717, 1.165) is 16.6 Å². The number of para-hydroxylation sites is 3. The average molecular weight is 341 g/mol. The number of aliphatic hydroxyl groups excluding tert-OH is 3. The highest BCUT2D eigenvalue weighted by atomic mass is 16.5. The first-order chi connectivity index (χ1) is 12.1. The normalized spacial score (nSPS) is 26.7. The van der Waals surface area contributed by atoms with Gasteiger partial charge < -0.3 is 30.4 Å². The van der Waals surface area contributed by atoms with Crippen molar-refractivity contribution in [1.82, 2.24) is 9.97 Å². The number of aliphatic hydroxyl groups is 3. The van der Waals surface area contributed by atoms with Crippen LogP contribution in [0.2, 0.25) is 0 Å². The molecule has 3 aromatic rings. The molecule has 25 heavy (non-hydrogen) atoms. The Kier molecular flexibility index (Phi) is 4.14. The van der Waals surface area contributed by atoms with Gasteiger partial charge in [0.2, 0.25) is 0 Å². The molecule has 1 aliphatic rings. The number of benzene rings is 2. The first kappa shape index (κ1) is 16.0. The van der Waals surface area contributed by atoms with Crippen LogP contribution in [0.4, 0.5) is 5.69 Å². The van der Waals surface area contributed by atoms with Crippen molar-refractivity contribution in [3.8, 4) is 11.4 Å². The maximum absolute atomic E-state index is 10.1. The van der Waals surface area contributed by atoms with Crippen LogP contribution in [-0.4, -0.2) is 56.4 Å². The molecule has 1 aromatic heterocycles. The molecule has 4 atom stereocenters. The van der Waals surface area contributed by atoms with Crippen molar-refractivity contribution < 1.29 is 20.1 Å². The molecule has 0 amide bonds. The van der Waals surface area contributed by atoms with E-state index >= 15 is 0 Å². The van der Waals surface area contributed by atoms with Gasteiger partial charge in [0.25, 0.3) is 0 Å². The van der Waals surface area contributed by atoms with Crippen LogP contribution < -0.4 is 5.32 Å². The lowest BCUT2D eigenvalue weighted by Gasteiger charge is -2.36. The molecule has 4 rings (SSSR count). The summed E-state index contributed by atoms with van der Waals surface area (Å²) in [7, 11) is 0. The van der Waals surface area contributed by atoms with E-state index in [2.05, 4.69) is 15.3 Å². The second-order valence-corrected chi connectivity index (χ2v) is 6.09. The van der Waals surface area contributed by atoms with Crippen molar-refractivity contribution in [3.05, 3.63) is 48.5 Å². The first-order valence-corrected chi connectivity index (χ1v) is 8.10. The molecule has 1 aliphatic heterocycles. The second-order valence-electron chi connectivity index (χ2n) is 6.09. The van der Waals surface area contributed by atoms with Crippen LogP contribution in [0.5, 0.6) is 0 Å². The quantitative estimate of drug-likeness (QED) is 0.488. The van der Waals surface area contributed by atoms with Crippen molar-refractivity contribution in [2.45, 2.75) is 24.5 Å². The molecule has 7 heteroatoms. The Labute approximate surface area is 143 Å². The number of fused-ring (bicyclic) bond motifs is 1. The predicted molar refractivity (Wildman–Crippen MR) is 92.9 cm³/mol. The van der Waals surface area contributed by atoms with Crippen LogP contribution in [0.15, 0.2) is 48.5 Å². The Hall–Kier alpha value is -2.45.